The Morgan fingerprint density at radius 1 is 1.18 bits per heavy atom. The van der Waals surface area contributed by atoms with Gasteiger partial charge in [-0.15, -0.1) is 0 Å². The van der Waals surface area contributed by atoms with Gasteiger partial charge < -0.3 is 25.2 Å². The maximum Gasteiger partial charge on any atom is 0.309 e. The van der Waals surface area contributed by atoms with Gasteiger partial charge in [-0.3, -0.25) is 9.78 Å². The standard InChI is InChI=1S/C28H31F4N3O4/c1-39-19-2-3-23-20(14-19)25(17(15-29)16-34-23)24(36)4-5-28(27(37)38)6-9-35(10-7-28)11-8-33-18-12-21(30)26(32)22(31)13-18/h2-3,12-14,16,24,33,36H,4-11,15H2,1H3,(H,37,38). The third-order valence-corrected chi connectivity index (χ3v) is 7.58. The van der Waals surface area contributed by atoms with Gasteiger partial charge in [-0.1, -0.05) is 0 Å². The van der Waals surface area contributed by atoms with E-state index >= 15 is 0 Å². The van der Waals surface area contributed by atoms with Gasteiger partial charge in [0, 0.05) is 48.1 Å². The van der Waals surface area contributed by atoms with Crippen molar-refractivity contribution in [1.29, 1.82) is 0 Å². The number of fused-ring (bicyclic) bond motifs is 1. The number of carboxylic acid groups (broad SMARTS) is 1. The second-order valence-electron chi connectivity index (χ2n) is 9.88. The van der Waals surface area contributed by atoms with Gasteiger partial charge in [-0.25, -0.2) is 17.6 Å². The lowest BCUT2D eigenvalue weighted by Gasteiger charge is -2.39. The summed E-state index contributed by atoms with van der Waals surface area (Å²) < 4.78 is 59.0. The molecule has 1 aliphatic rings. The number of alkyl halides is 1. The normalized spacial score (nSPS) is 16.3. The van der Waals surface area contributed by atoms with Gasteiger partial charge in [0.25, 0.3) is 0 Å². The molecule has 2 aromatic carbocycles. The van der Waals surface area contributed by atoms with Gasteiger partial charge in [-0.2, -0.15) is 0 Å². The Morgan fingerprint density at radius 3 is 2.49 bits per heavy atom. The summed E-state index contributed by atoms with van der Waals surface area (Å²) in [6, 6.07) is 6.89. The summed E-state index contributed by atoms with van der Waals surface area (Å²) in [6.45, 7) is 0.941. The van der Waals surface area contributed by atoms with Crippen molar-refractivity contribution < 1.29 is 37.3 Å². The smallest absolute Gasteiger partial charge is 0.309 e. The first kappa shape index (κ1) is 28.6. The number of hydrogen-bond donors (Lipinski definition) is 3. The van der Waals surface area contributed by atoms with Gasteiger partial charge in [0.15, 0.2) is 17.5 Å². The molecule has 0 bridgehead atoms. The SMILES string of the molecule is COc1ccc2ncc(CF)c(C(O)CCC3(C(=O)O)CCN(CCNc4cc(F)c(F)c(F)c4)CC3)c2c1. The van der Waals surface area contributed by atoms with Crippen molar-refractivity contribution >= 4 is 22.6 Å². The van der Waals surface area contributed by atoms with E-state index < -0.39 is 41.6 Å². The Kier molecular flexibility index (Phi) is 8.91. The number of pyridine rings is 1. The average molecular weight is 550 g/mol. The number of rotatable bonds is 11. The third-order valence-electron chi connectivity index (χ3n) is 7.58. The van der Waals surface area contributed by atoms with E-state index in [4.69, 9.17) is 4.74 Å². The lowest BCUT2D eigenvalue weighted by atomic mass is 9.74. The minimum atomic E-state index is -1.52. The molecule has 3 aromatic rings. The number of ether oxygens (including phenoxy) is 1. The van der Waals surface area contributed by atoms with Crippen LogP contribution in [0.15, 0.2) is 36.5 Å². The summed E-state index contributed by atoms with van der Waals surface area (Å²) in [7, 11) is 1.51. The highest BCUT2D eigenvalue weighted by Crippen LogP contribution is 2.40. The van der Waals surface area contributed by atoms with Crippen LogP contribution < -0.4 is 10.1 Å². The first-order valence-corrected chi connectivity index (χ1v) is 12.7. The summed E-state index contributed by atoms with van der Waals surface area (Å²) in [5.74, 6) is -4.49. The van der Waals surface area contributed by atoms with Crippen LogP contribution >= 0.6 is 0 Å². The maximum atomic E-state index is 13.8. The molecule has 2 heterocycles. The molecule has 0 spiro atoms. The highest BCUT2D eigenvalue weighted by Gasteiger charge is 2.41. The molecule has 1 saturated heterocycles. The van der Waals surface area contributed by atoms with Crippen LogP contribution in [0.5, 0.6) is 5.75 Å². The van der Waals surface area contributed by atoms with Crippen LogP contribution in [0.25, 0.3) is 10.9 Å². The van der Waals surface area contributed by atoms with Crippen molar-refractivity contribution in [3.63, 3.8) is 0 Å². The number of halogens is 4. The summed E-state index contributed by atoms with van der Waals surface area (Å²) in [6.07, 6.45) is 1.30. The summed E-state index contributed by atoms with van der Waals surface area (Å²) in [5.41, 5.74) is 0.272. The predicted octanol–water partition coefficient (Wildman–Crippen LogP) is 5.22. The van der Waals surface area contributed by atoms with E-state index in [9.17, 15) is 32.6 Å². The third kappa shape index (κ3) is 6.25. The van der Waals surface area contributed by atoms with Crippen LogP contribution in [0.4, 0.5) is 23.2 Å². The quantitative estimate of drug-likeness (QED) is 0.223. The number of aliphatic hydroxyl groups excluding tert-OH is 1. The Labute approximate surface area is 223 Å². The first-order chi connectivity index (χ1) is 18.7. The first-order valence-electron chi connectivity index (χ1n) is 12.7. The number of benzene rings is 2. The summed E-state index contributed by atoms with van der Waals surface area (Å²) in [4.78, 5) is 18.6. The predicted molar refractivity (Wildman–Crippen MR) is 138 cm³/mol. The molecule has 1 atom stereocenters. The number of anilines is 1. The number of carboxylic acids is 1. The molecule has 1 aliphatic heterocycles. The number of carbonyl (C=O) groups is 1. The number of likely N-dealkylation sites (tertiary alicyclic amines) is 1. The molecule has 0 radical (unpaired) electrons. The van der Waals surface area contributed by atoms with Gasteiger partial charge >= 0.3 is 5.97 Å². The van der Waals surface area contributed by atoms with Crippen LogP contribution in [0.1, 0.15) is 42.9 Å². The van der Waals surface area contributed by atoms with Crippen molar-refractivity contribution in [3.8, 4) is 5.75 Å². The molecule has 4 rings (SSSR count). The molecule has 1 fully saturated rings. The van der Waals surface area contributed by atoms with Crippen LogP contribution in [-0.2, 0) is 11.5 Å². The summed E-state index contributed by atoms with van der Waals surface area (Å²) >= 11 is 0. The minimum absolute atomic E-state index is 0.117. The maximum absolute atomic E-state index is 13.8. The Morgan fingerprint density at radius 2 is 1.87 bits per heavy atom. The summed E-state index contributed by atoms with van der Waals surface area (Å²) in [5, 5.41) is 24.6. The van der Waals surface area contributed by atoms with Crippen LogP contribution in [0.3, 0.4) is 0 Å². The zero-order valence-corrected chi connectivity index (χ0v) is 21.5. The fraction of sp³-hybridized carbons (Fsp3) is 0.429. The fourth-order valence-corrected chi connectivity index (χ4v) is 5.21. The largest absolute Gasteiger partial charge is 0.497 e. The van der Waals surface area contributed by atoms with Gasteiger partial charge in [0.2, 0.25) is 0 Å². The van der Waals surface area contributed by atoms with Crippen molar-refractivity contribution in [2.24, 2.45) is 5.41 Å². The van der Waals surface area contributed by atoms with Crippen LogP contribution in [0, 0.1) is 22.9 Å². The second-order valence-corrected chi connectivity index (χ2v) is 9.88. The zero-order valence-electron chi connectivity index (χ0n) is 21.5. The Hall–Kier alpha value is -3.44. The number of nitrogens with one attached hydrogen (secondary N) is 1. The number of aromatic nitrogens is 1. The Balaban J connectivity index is 1.38. The minimum Gasteiger partial charge on any atom is -0.497 e. The van der Waals surface area contributed by atoms with E-state index in [1.54, 1.807) is 18.2 Å². The topological polar surface area (TPSA) is 94.9 Å². The van der Waals surface area contributed by atoms with E-state index in [1.807, 2.05) is 4.90 Å². The van der Waals surface area contributed by atoms with Crippen molar-refractivity contribution in [2.45, 2.75) is 38.5 Å². The number of nitrogens with zero attached hydrogens (tertiary/aromatic N) is 2. The highest BCUT2D eigenvalue weighted by molar-refractivity contribution is 5.85. The molecule has 39 heavy (non-hydrogen) atoms. The van der Waals surface area contributed by atoms with E-state index in [2.05, 4.69) is 10.3 Å². The molecule has 11 heteroatoms. The molecule has 210 valence electrons. The lowest BCUT2D eigenvalue weighted by molar-refractivity contribution is -0.153. The monoisotopic (exact) mass is 549 g/mol. The van der Waals surface area contributed by atoms with Crippen LogP contribution in [-0.4, -0.2) is 59.4 Å². The average Bonchev–Trinajstić information content (AvgIpc) is 2.94. The molecule has 0 aliphatic carbocycles. The number of hydrogen-bond acceptors (Lipinski definition) is 6. The van der Waals surface area contributed by atoms with Gasteiger partial charge in [0.1, 0.15) is 12.4 Å². The zero-order chi connectivity index (χ0) is 28.2. The fourth-order valence-electron chi connectivity index (χ4n) is 5.21. The molecular weight excluding hydrogens is 518 g/mol. The molecule has 1 unspecified atom stereocenters. The van der Waals surface area contributed by atoms with E-state index in [0.29, 0.717) is 61.2 Å². The molecule has 3 N–H and O–H groups in total. The second kappa shape index (κ2) is 12.2. The van der Waals surface area contributed by atoms with Crippen molar-refractivity contribution in [3.05, 3.63) is 65.1 Å². The number of aliphatic hydroxyl groups is 1. The van der Waals surface area contributed by atoms with Gasteiger partial charge in [0.05, 0.1) is 24.1 Å². The number of aliphatic carboxylic acids is 1. The molecular formula is C28H31F4N3O4. The van der Waals surface area contributed by atoms with Crippen molar-refractivity contribution in [1.82, 2.24) is 9.88 Å². The Bertz CT molecular complexity index is 1300. The number of methoxy groups -OCH3 is 1. The van der Waals surface area contributed by atoms with Crippen molar-refractivity contribution in [2.75, 3.05) is 38.6 Å². The lowest BCUT2D eigenvalue weighted by Crippen LogP contribution is -2.45. The van der Waals surface area contributed by atoms with Crippen LogP contribution in [0.2, 0.25) is 0 Å². The highest BCUT2D eigenvalue weighted by atomic mass is 19.2. The molecule has 1 aromatic heterocycles. The molecule has 0 saturated carbocycles. The van der Waals surface area contributed by atoms with Gasteiger partial charge in [-0.05, 0) is 62.5 Å². The number of piperidine rings is 1. The van der Waals surface area contributed by atoms with E-state index in [-0.39, 0.29) is 24.1 Å². The van der Waals surface area contributed by atoms with E-state index in [0.717, 1.165) is 12.1 Å². The van der Waals surface area contributed by atoms with E-state index in [1.165, 1.54) is 13.3 Å². The molecule has 7 nitrogen and oxygen atoms in total. The molecule has 0 amide bonds.